The molecule has 0 spiro atoms. The number of rotatable bonds is 10. The molecule has 2 aromatic rings. The van der Waals surface area contributed by atoms with Crippen LogP contribution < -0.4 is 5.32 Å². The second-order valence-electron chi connectivity index (χ2n) is 8.25. The number of hydrogen-bond acceptors (Lipinski definition) is 2. The lowest BCUT2D eigenvalue weighted by molar-refractivity contribution is -0.140. The Morgan fingerprint density at radius 2 is 1.60 bits per heavy atom. The molecule has 2 amide bonds. The van der Waals surface area contributed by atoms with Crippen LogP contribution in [0.2, 0.25) is 0 Å². The van der Waals surface area contributed by atoms with Crippen molar-refractivity contribution >= 4 is 11.8 Å². The molecule has 30 heavy (non-hydrogen) atoms. The molecule has 4 heteroatoms. The Bertz CT molecular complexity index is 840. The largest absolute Gasteiger partial charge is 0.354 e. The summed E-state index contributed by atoms with van der Waals surface area (Å²) in [5.74, 6) is -0.0774. The average molecular weight is 409 g/mol. The van der Waals surface area contributed by atoms with Crippen molar-refractivity contribution < 1.29 is 9.59 Å². The van der Waals surface area contributed by atoms with Crippen molar-refractivity contribution in [1.82, 2.24) is 10.2 Å². The van der Waals surface area contributed by atoms with E-state index < -0.39 is 6.04 Å². The predicted molar refractivity (Wildman–Crippen MR) is 123 cm³/mol. The van der Waals surface area contributed by atoms with Gasteiger partial charge in [0.05, 0.1) is 6.42 Å². The molecule has 0 saturated heterocycles. The molecular weight excluding hydrogens is 372 g/mol. The molecule has 0 unspecified atom stereocenters. The van der Waals surface area contributed by atoms with Crippen molar-refractivity contribution in [2.75, 3.05) is 6.54 Å². The molecule has 0 radical (unpaired) electrons. The van der Waals surface area contributed by atoms with Crippen molar-refractivity contribution in [3.05, 3.63) is 70.3 Å². The van der Waals surface area contributed by atoms with Gasteiger partial charge in [-0.3, -0.25) is 9.59 Å². The van der Waals surface area contributed by atoms with Crippen molar-refractivity contribution in [3.63, 3.8) is 0 Å². The van der Waals surface area contributed by atoms with E-state index in [1.807, 2.05) is 45.9 Å². The quantitative estimate of drug-likeness (QED) is 0.570. The fourth-order valence-corrected chi connectivity index (χ4v) is 3.88. The van der Waals surface area contributed by atoms with Gasteiger partial charge in [-0.05, 0) is 44.7 Å². The van der Waals surface area contributed by atoms with E-state index >= 15 is 0 Å². The van der Waals surface area contributed by atoms with Gasteiger partial charge in [0.15, 0.2) is 0 Å². The number of nitrogens with zero attached hydrogens (tertiary/aromatic N) is 1. The molecule has 1 N–H and O–H groups in total. The van der Waals surface area contributed by atoms with Gasteiger partial charge in [0, 0.05) is 13.1 Å². The number of carbonyl (C=O) groups excluding carboxylic acids is 2. The first-order valence-electron chi connectivity index (χ1n) is 11.0. The maximum absolute atomic E-state index is 13.4. The molecule has 162 valence electrons. The van der Waals surface area contributed by atoms with Crippen molar-refractivity contribution in [1.29, 1.82) is 0 Å². The van der Waals surface area contributed by atoms with Gasteiger partial charge in [0.25, 0.3) is 0 Å². The maximum atomic E-state index is 13.4. The standard InChI is InChI=1S/C26H36N2O2/c1-6-8-12-27-26(30)24(7-2)28(18-22-11-9-10-19(3)14-22)25(29)17-23-15-20(4)13-21(5)16-23/h9-11,13-16,24H,6-8,12,17-18H2,1-5H3,(H,27,30)/t24-/m0/s1. The molecule has 0 aliphatic rings. The van der Waals surface area contributed by atoms with Gasteiger partial charge in [-0.25, -0.2) is 0 Å². The molecular formula is C26H36N2O2. The molecule has 0 aliphatic heterocycles. The van der Waals surface area contributed by atoms with Gasteiger partial charge in [-0.15, -0.1) is 0 Å². The Balaban J connectivity index is 2.28. The first-order valence-corrected chi connectivity index (χ1v) is 11.0. The van der Waals surface area contributed by atoms with E-state index in [0.717, 1.165) is 40.7 Å². The van der Waals surface area contributed by atoms with Crippen LogP contribution in [0.15, 0.2) is 42.5 Å². The Morgan fingerprint density at radius 1 is 0.933 bits per heavy atom. The minimum atomic E-state index is -0.472. The molecule has 0 heterocycles. The lowest BCUT2D eigenvalue weighted by Gasteiger charge is -2.31. The van der Waals surface area contributed by atoms with Crippen LogP contribution in [-0.2, 0) is 22.6 Å². The summed E-state index contributed by atoms with van der Waals surface area (Å²) in [7, 11) is 0. The zero-order chi connectivity index (χ0) is 22.1. The fraction of sp³-hybridized carbons (Fsp3) is 0.462. The van der Waals surface area contributed by atoms with E-state index in [0.29, 0.717) is 25.9 Å². The Morgan fingerprint density at radius 3 is 2.20 bits per heavy atom. The average Bonchev–Trinajstić information content (AvgIpc) is 2.67. The molecule has 1 atom stereocenters. The van der Waals surface area contributed by atoms with Crippen molar-refractivity contribution in [2.45, 2.75) is 72.9 Å². The van der Waals surface area contributed by atoms with Gasteiger partial charge in [0.1, 0.15) is 6.04 Å². The van der Waals surface area contributed by atoms with Gasteiger partial charge >= 0.3 is 0 Å². The number of aryl methyl sites for hydroxylation is 3. The van der Waals surface area contributed by atoms with Crippen molar-refractivity contribution in [3.8, 4) is 0 Å². The summed E-state index contributed by atoms with van der Waals surface area (Å²) in [4.78, 5) is 28.1. The number of nitrogens with one attached hydrogen (secondary N) is 1. The van der Waals surface area contributed by atoms with E-state index in [4.69, 9.17) is 0 Å². The summed E-state index contributed by atoms with van der Waals surface area (Å²) in [5.41, 5.74) is 5.48. The molecule has 4 nitrogen and oxygen atoms in total. The van der Waals surface area contributed by atoms with Crippen LogP contribution in [0.25, 0.3) is 0 Å². The number of unbranched alkanes of at least 4 members (excludes halogenated alkanes) is 1. The highest BCUT2D eigenvalue weighted by Gasteiger charge is 2.28. The predicted octanol–water partition coefficient (Wildman–Crippen LogP) is 4.88. The van der Waals surface area contributed by atoms with E-state index in [2.05, 4.69) is 36.5 Å². The summed E-state index contributed by atoms with van der Waals surface area (Å²) in [5, 5.41) is 3.02. The smallest absolute Gasteiger partial charge is 0.242 e. The summed E-state index contributed by atoms with van der Waals surface area (Å²) in [6.45, 7) is 11.3. The zero-order valence-electron chi connectivity index (χ0n) is 19.1. The normalized spacial score (nSPS) is 11.8. The third-order valence-electron chi connectivity index (χ3n) is 5.29. The Hall–Kier alpha value is -2.62. The summed E-state index contributed by atoms with van der Waals surface area (Å²) in [6, 6.07) is 13.9. The van der Waals surface area contributed by atoms with E-state index in [1.165, 1.54) is 0 Å². The van der Waals surface area contributed by atoms with E-state index in [-0.39, 0.29) is 11.8 Å². The van der Waals surface area contributed by atoms with Gasteiger partial charge in [-0.2, -0.15) is 0 Å². The Kier molecular flexibility index (Phi) is 9.10. The third-order valence-corrected chi connectivity index (χ3v) is 5.29. The summed E-state index contributed by atoms with van der Waals surface area (Å²) < 4.78 is 0. The van der Waals surface area contributed by atoms with Gasteiger partial charge in [-0.1, -0.05) is 79.4 Å². The summed E-state index contributed by atoms with van der Waals surface area (Å²) >= 11 is 0. The van der Waals surface area contributed by atoms with E-state index in [1.54, 1.807) is 4.90 Å². The minimum absolute atomic E-state index is 0.0148. The second-order valence-corrected chi connectivity index (χ2v) is 8.25. The van der Waals surface area contributed by atoms with Gasteiger partial charge in [0.2, 0.25) is 11.8 Å². The second kappa shape index (κ2) is 11.5. The Labute approximate surface area is 181 Å². The highest BCUT2D eigenvalue weighted by atomic mass is 16.2. The highest BCUT2D eigenvalue weighted by molar-refractivity contribution is 5.88. The summed E-state index contributed by atoms with van der Waals surface area (Å²) in [6.07, 6.45) is 2.85. The molecule has 2 rings (SSSR count). The lowest BCUT2D eigenvalue weighted by atomic mass is 10.0. The molecule has 2 aromatic carbocycles. The molecule has 0 aliphatic carbocycles. The van der Waals surface area contributed by atoms with Crippen LogP contribution in [0.1, 0.15) is 60.9 Å². The number of amides is 2. The highest BCUT2D eigenvalue weighted by Crippen LogP contribution is 2.17. The van der Waals surface area contributed by atoms with E-state index in [9.17, 15) is 9.59 Å². The monoisotopic (exact) mass is 408 g/mol. The van der Waals surface area contributed by atoms with Crippen LogP contribution in [0.5, 0.6) is 0 Å². The number of hydrogen-bond donors (Lipinski definition) is 1. The SMILES string of the molecule is CCCCNC(=O)[C@H](CC)N(Cc1cccc(C)c1)C(=O)Cc1cc(C)cc(C)c1. The molecule has 0 saturated carbocycles. The molecule has 0 aromatic heterocycles. The third kappa shape index (κ3) is 7.01. The van der Waals surface area contributed by atoms with Crippen LogP contribution in [0, 0.1) is 20.8 Å². The molecule has 0 fully saturated rings. The van der Waals surface area contributed by atoms with Crippen LogP contribution in [-0.4, -0.2) is 29.3 Å². The first kappa shape index (κ1) is 23.7. The molecule has 0 bridgehead atoms. The number of benzene rings is 2. The van der Waals surface area contributed by atoms with Crippen LogP contribution in [0.4, 0.5) is 0 Å². The first-order chi connectivity index (χ1) is 14.3. The minimum Gasteiger partial charge on any atom is -0.354 e. The van der Waals surface area contributed by atoms with Crippen molar-refractivity contribution in [2.24, 2.45) is 0 Å². The van der Waals surface area contributed by atoms with Gasteiger partial charge < -0.3 is 10.2 Å². The topological polar surface area (TPSA) is 49.4 Å². The van der Waals surface area contributed by atoms with Crippen LogP contribution in [0.3, 0.4) is 0 Å². The lowest BCUT2D eigenvalue weighted by Crippen LogP contribution is -2.49. The fourth-order valence-electron chi connectivity index (χ4n) is 3.88. The maximum Gasteiger partial charge on any atom is 0.242 e. The van der Waals surface area contributed by atoms with Crippen LogP contribution >= 0.6 is 0 Å². The number of carbonyl (C=O) groups is 2. The zero-order valence-corrected chi connectivity index (χ0v) is 19.1.